The number of aryl methyl sites for hydroxylation is 1. The van der Waals surface area contributed by atoms with Crippen molar-refractivity contribution in [3.63, 3.8) is 0 Å². The maximum atomic E-state index is 14.0. The topological polar surface area (TPSA) is 58.2 Å². The van der Waals surface area contributed by atoms with Gasteiger partial charge in [-0.25, -0.2) is 17.5 Å². The van der Waals surface area contributed by atoms with Crippen LogP contribution < -0.4 is 10.0 Å². The number of benzene rings is 1. The van der Waals surface area contributed by atoms with Crippen LogP contribution in [0.3, 0.4) is 0 Å². The summed E-state index contributed by atoms with van der Waals surface area (Å²) in [6, 6.07) is 2.60. The van der Waals surface area contributed by atoms with E-state index in [1.807, 2.05) is 27.7 Å². The van der Waals surface area contributed by atoms with E-state index in [9.17, 15) is 12.8 Å². The van der Waals surface area contributed by atoms with E-state index >= 15 is 0 Å². The molecule has 6 heteroatoms. The van der Waals surface area contributed by atoms with Crippen LogP contribution >= 0.6 is 0 Å². The highest BCUT2D eigenvalue weighted by Gasteiger charge is 2.21. The molecular formula is C15H25FN2O2S. The molecule has 0 spiro atoms. The van der Waals surface area contributed by atoms with Gasteiger partial charge in [-0.15, -0.1) is 0 Å². The Hall–Kier alpha value is -0.980. The summed E-state index contributed by atoms with van der Waals surface area (Å²) in [7, 11) is -3.64. The van der Waals surface area contributed by atoms with Crippen molar-refractivity contribution < 1.29 is 12.8 Å². The molecular weight excluding hydrogens is 291 g/mol. The Morgan fingerprint density at radius 2 is 1.86 bits per heavy atom. The maximum Gasteiger partial charge on any atom is 0.240 e. The number of hydrogen-bond acceptors (Lipinski definition) is 3. The molecule has 120 valence electrons. The van der Waals surface area contributed by atoms with Gasteiger partial charge in [0, 0.05) is 18.2 Å². The Bertz CT molecular complexity index is 586. The lowest BCUT2D eigenvalue weighted by Crippen LogP contribution is -2.36. The Balaban J connectivity index is 3.15. The number of hydrogen-bond donors (Lipinski definition) is 2. The average molecular weight is 316 g/mol. The minimum Gasteiger partial charge on any atom is -0.313 e. The molecule has 0 fully saturated rings. The fourth-order valence-corrected chi connectivity index (χ4v) is 3.33. The first kappa shape index (κ1) is 18.1. The van der Waals surface area contributed by atoms with E-state index in [4.69, 9.17) is 0 Å². The number of nitrogens with one attached hydrogen (secondary N) is 2. The summed E-state index contributed by atoms with van der Waals surface area (Å²) in [5.41, 5.74) is 0.706. The van der Waals surface area contributed by atoms with Crippen LogP contribution in [0.15, 0.2) is 17.0 Å². The molecule has 2 N–H and O–H groups in total. The summed E-state index contributed by atoms with van der Waals surface area (Å²) < 4.78 is 41.4. The van der Waals surface area contributed by atoms with Crippen LogP contribution in [0.5, 0.6) is 0 Å². The molecule has 1 aromatic carbocycles. The van der Waals surface area contributed by atoms with Gasteiger partial charge in [0.05, 0.1) is 4.90 Å². The second-order valence-electron chi connectivity index (χ2n) is 5.65. The molecule has 1 rings (SSSR count). The van der Waals surface area contributed by atoms with Gasteiger partial charge in [0.2, 0.25) is 10.0 Å². The van der Waals surface area contributed by atoms with E-state index < -0.39 is 10.0 Å². The summed E-state index contributed by atoms with van der Waals surface area (Å²) >= 11 is 0. The first-order valence-electron chi connectivity index (χ1n) is 7.21. The highest BCUT2D eigenvalue weighted by atomic mass is 32.2. The van der Waals surface area contributed by atoms with Crippen molar-refractivity contribution >= 4 is 10.0 Å². The van der Waals surface area contributed by atoms with E-state index in [1.165, 1.54) is 12.1 Å². The molecule has 1 unspecified atom stereocenters. The maximum absolute atomic E-state index is 14.0. The van der Waals surface area contributed by atoms with Gasteiger partial charge in [0.15, 0.2) is 0 Å². The van der Waals surface area contributed by atoms with Crippen LogP contribution in [-0.2, 0) is 16.6 Å². The Labute approximate surface area is 127 Å². The van der Waals surface area contributed by atoms with Crippen molar-refractivity contribution in [1.82, 2.24) is 10.0 Å². The fraction of sp³-hybridized carbons (Fsp3) is 0.600. The van der Waals surface area contributed by atoms with Crippen LogP contribution in [0.1, 0.15) is 38.8 Å². The Morgan fingerprint density at radius 1 is 1.24 bits per heavy atom. The van der Waals surface area contributed by atoms with Crippen molar-refractivity contribution in [2.75, 3.05) is 6.54 Å². The molecule has 4 nitrogen and oxygen atoms in total. The average Bonchev–Trinajstić information content (AvgIpc) is 2.39. The largest absolute Gasteiger partial charge is 0.313 e. The molecule has 0 aliphatic rings. The third-order valence-electron chi connectivity index (χ3n) is 3.52. The van der Waals surface area contributed by atoms with Gasteiger partial charge >= 0.3 is 0 Å². The van der Waals surface area contributed by atoms with Crippen molar-refractivity contribution in [1.29, 1.82) is 0 Å². The summed E-state index contributed by atoms with van der Waals surface area (Å²) in [6.07, 6.45) is 0. The van der Waals surface area contributed by atoms with Gasteiger partial charge in [0.1, 0.15) is 5.82 Å². The van der Waals surface area contributed by atoms with Gasteiger partial charge in [-0.2, -0.15) is 0 Å². The molecule has 0 aliphatic carbocycles. The lowest BCUT2D eigenvalue weighted by molar-refractivity contribution is 0.476. The lowest BCUT2D eigenvalue weighted by Gasteiger charge is -2.18. The second kappa shape index (κ2) is 7.33. The Morgan fingerprint density at radius 3 is 2.38 bits per heavy atom. The predicted molar refractivity (Wildman–Crippen MR) is 83.1 cm³/mol. The zero-order valence-electron chi connectivity index (χ0n) is 13.3. The number of rotatable bonds is 7. The molecule has 0 amide bonds. The van der Waals surface area contributed by atoms with Crippen molar-refractivity contribution in [3.8, 4) is 0 Å². The fourth-order valence-electron chi connectivity index (χ4n) is 1.80. The lowest BCUT2D eigenvalue weighted by atomic mass is 10.1. The zero-order chi connectivity index (χ0) is 16.2. The smallest absolute Gasteiger partial charge is 0.240 e. The SMILES string of the molecule is CCNCc1cc(S(=O)(=O)NC(C)C(C)C)cc(C)c1F. The summed E-state index contributed by atoms with van der Waals surface area (Å²) in [6.45, 7) is 10.2. The van der Waals surface area contributed by atoms with Gasteiger partial charge in [0.25, 0.3) is 0 Å². The predicted octanol–water partition coefficient (Wildman–Crippen LogP) is 2.57. The normalized spacial score (nSPS) is 13.7. The van der Waals surface area contributed by atoms with Crippen LogP contribution in [0.4, 0.5) is 4.39 Å². The van der Waals surface area contributed by atoms with Gasteiger partial charge in [-0.1, -0.05) is 20.8 Å². The van der Waals surface area contributed by atoms with E-state index in [2.05, 4.69) is 10.0 Å². The minimum absolute atomic E-state index is 0.113. The highest BCUT2D eigenvalue weighted by Crippen LogP contribution is 2.20. The number of sulfonamides is 1. The third-order valence-corrected chi connectivity index (χ3v) is 5.06. The third kappa shape index (κ3) is 4.76. The van der Waals surface area contributed by atoms with Crippen molar-refractivity contribution in [2.45, 2.75) is 52.1 Å². The molecule has 0 aliphatic heterocycles. The first-order valence-corrected chi connectivity index (χ1v) is 8.69. The summed E-state index contributed by atoms with van der Waals surface area (Å²) in [5.74, 6) is -0.172. The van der Waals surface area contributed by atoms with E-state index in [0.717, 1.165) is 0 Å². The number of halogens is 1. The Kier molecular flexibility index (Phi) is 6.31. The van der Waals surface area contributed by atoms with Gasteiger partial charge in [-0.05, 0) is 44.0 Å². The monoisotopic (exact) mass is 316 g/mol. The quantitative estimate of drug-likeness (QED) is 0.813. The van der Waals surface area contributed by atoms with E-state index in [-0.39, 0.29) is 22.7 Å². The zero-order valence-corrected chi connectivity index (χ0v) is 14.1. The molecule has 1 aromatic rings. The summed E-state index contributed by atoms with van der Waals surface area (Å²) in [5, 5.41) is 3.02. The van der Waals surface area contributed by atoms with E-state index in [0.29, 0.717) is 24.2 Å². The van der Waals surface area contributed by atoms with Gasteiger partial charge < -0.3 is 5.32 Å². The van der Waals surface area contributed by atoms with Crippen LogP contribution in [-0.4, -0.2) is 21.0 Å². The minimum atomic E-state index is -3.64. The van der Waals surface area contributed by atoms with Crippen molar-refractivity contribution in [2.24, 2.45) is 5.92 Å². The molecule has 0 radical (unpaired) electrons. The molecule has 0 saturated carbocycles. The molecule has 21 heavy (non-hydrogen) atoms. The molecule has 0 aromatic heterocycles. The standard InChI is InChI=1S/C15H25FN2O2S/c1-6-17-9-13-8-14(7-11(4)15(13)16)21(19,20)18-12(5)10(2)3/h7-8,10,12,17-18H,6,9H2,1-5H3. The highest BCUT2D eigenvalue weighted by molar-refractivity contribution is 7.89. The first-order chi connectivity index (χ1) is 9.69. The van der Waals surface area contributed by atoms with Crippen LogP contribution in [0.25, 0.3) is 0 Å². The van der Waals surface area contributed by atoms with Crippen LogP contribution in [0.2, 0.25) is 0 Å². The van der Waals surface area contributed by atoms with E-state index in [1.54, 1.807) is 6.92 Å². The summed E-state index contributed by atoms with van der Waals surface area (Å²) in [4.78, 5) is 0.113. The molecule has 0 bridgehead atoms. The second-order valence-corrected chi connectivity index (χ2v) is 7.36. The molecule has 1 atom stereocenters. The van der Waals surface area contributed by atoms with Gasteiger partial charge in [-0.3, -0.25) is 0 Å². The van der Waals surface area contributed by atoms with Crippen molar-refractivity contribution in [3.05, 3.63) is 29.1 Å². The van der Waals surface area contributed by atoms with Crippen LogP contribution in [0, 0.1) is 18.7 Å². The molecule has 0 saturated heterocycles. The molecule has 0 heterocycles.